The van der Waals surface area contributed by atoms with Gasteiger partial charge >= 0.3 is 0 Å². The molecule has 0 fully saturated rings. The van der Waals surface area contributed by atoms with E-state index >= 15 is 0 Å². The summed E-state index contributed by atoms with van der Waals surface area (Å²) >= 11 is 9.02. The molecule has 7 heteroatoms. The number of aromatic nitrogens is 3. The lowest BCUT2D eigenvalue weighted by atomic mass is 10.2. The second-order valence-corrected chi connectivity index (χ2v) is 7.90. The summed E-state index contributed by atoms with van der Waals surface area (Å²) in [5.41, 5.74) is 4.24. The number of benzene rings is 2. The van der Waals surface area contributed by atoms with Crippen molar-refractivity contribution in [3.8, 4) is 22.0 Å². The van der Waals surface area contributed by atoms with Gasteiger partial charge in [0.15, 0.2) is 0 Å². The molecule has 2 aromatic carbocycles. The predicted octanol–water partition coefficient (Wildman–Crippen LogP) is 6.11. The molecule has 0 N–H and O–H groups in total. The van der Waals surface area contributed by atoms with Crippen molar-refractivity contribution in [1.29, 1.82) is 0 Å². The molecule has 0 spiro atoms. The van der Waals surface area contributed by atoms with E-state index in [1.54, 1.807) is 23.5 Å². The second kappa shape index (κ2) is 7.61. The van der Waals surface area contributed by atoms with Gasteiger partial charge in [-0.3, -0.25) is 0 Å². The maximum absolute atomic E-state index is 5.90. The molecule has 0 aliphatic carbocycles. The minimum atomic E-state index is 0.489. The predicted molar refractivity (Wildman–Crippen MR) is 107 cm³/mol. The first-order valence-electron chi connectivity index (χ1n) is 7.91. The van der Waals surface area contributed by atoms with Gasteiger partial charge in [0, 0.05) is 27.3 Å². The lowest BCUT2D eigenvalue weighted by Crippen LogP contribution is -1.82. The van der Waals surface area contributed by atoms with Crippen LogP contribution in [0.5, 0.6) is 0 Å². The van der Waals surface area contributed by atoms with Crippen LogP contribution in [0.3, 0.4) is 0 Å². The molecule has 2 heterocycles. The number of hydrogen-bond acceptors (Lipinski definition) is 6. The molecule has 0 radical (unpaired) electrons. The highest BCUT2D eigenvalue weighted by Crippen LogP contribution is 2.29. The van der Waals surface area contributed by atoms with Crippen LogP contribution in [0.2, 0.25) is 5.02 Å². The van der Waals surface area contributed by atoms with Crippen molar-refractivity contribution in [2.75, 3.05) is 0 Å². The Morgan fingerprint density at radius 1 is 1.00 bits per heavy atom. The summed E-state index contributed by atoms with van der Waals surface area (Å²) < 4.78 is 5.71. The van der Waals surface area contributed by atoms with Crippen molar-refractivity contribution in [3.63, 3.8) is 0 Å². The molecule has 0 atom stereocenters. The number of nitrogens with zero attached hydrogens (tertiary/aromatic N) is 3. The van der Waals surface area contributed by atoms with E-state index in [0.717, 1.165) is 21.8 Å². The van der Waals surface area contributed by atoms with Gasteiger partial charge < -0.3 is 4.42 Å². The summed E-state index contributed by atoms with van der Waals surface area (Å²) in [6.07, 6.45) is 0. The van der Waals surface area contributed by atoms with Gasteiger partial charge in [-0.05, 0) is 31.2 Å². The summed E-state index contributed by atoms with van der Waals surface area (Å²) in [6.45, 7) is 2.08. The molecule has 0 aliphatic rings. The molecule has 26 heavy (non-hydrogen) atoms. The number of halogens is 1. The lowest BCUT2D eigenvalue weighted by molar-refractivity contribution is 0.466. The van der Waals surface area contributed by atoms with E-state index in [4.69, 9.17) is 21.0 Å². The first kappa shape index (κ1) is 17.3. The standard InChI is InChI=1S/C19H14ClN3OS2/c1-12-2-4-14(5-3-12)18-21-16(10-25-18)11-26-19-23-22-17(24-19)13-6-8-15(20)9-7-13/h2-10H,11H2,1H3. The molecular formula is C19H14ClN3OS2. The Balaban J connectivity index is 1.42. The van der Waals surface area contributed by atoms with E-state index in [1.165, 1.54) is 17.3 Å². The Kier molecular flexibility index (Phi) is 5.06. The zero-order chi connectivity index (χ0) is 17.9. The third-order valence-corrected chi connectivity index (χ3v) is 5.74. The van der Waals surface area contributed by atoms with Crippen molar-refractivity contribution < 1.29 is 4.42 Å². The average molecular weight is 400 g/mol. The van der Waals surface area contributed by atoms with Gasteiger partial charge in [-0.1, -0.05) is 53.2 Å². The van der Waals surface area contributed by atoms with Crippen molar-refractivity contribution in [2.45, 2.75) is 17.9 Å². The Labute approximate surface area is 164 Å². The zero-order valence-electron chi connectivity index (χ0n) is 13.8. The van der Waals surface area contributed by atoms with Crippen LogP contribution in [0.25, 0.3) is 22.0 Å². The number of hydrogen-bond donors (Lipinski definition) is 0. The van der Waals surface area contributed by atoms with Crippen molar-refractivity contribution in [1.82, 2.24) is 15.2 Å². The highest BCUT2D eigenvalue weighted by Gasteiger charge is 2.11. The van der Waals surface area contributed by atoms with Crippen LogP contribution in [-0.2, 0) is 5.75 Å². The monoisotopic (exact) mass is 399 g/mol. The highest BCUT2D eigenvalue weighted by molar-refractivity contribution is 7.98. The van der Waals surface area contributed by atoms with E-state index in [-0.39, 0.29) is 0 Å². The van der Waals surface area contributed by atoms with Crippen LogP contribution in [0.15, 0.2) is 63.6 Å². The minimum Gasteiger partial charge on any atom is -0.411 e. The molecule has 4 nitrogen and oxygen atoms in total. The van der Waals surface area contributed by atoms with Gasteiger partial charge in [-0.25, -0.2) is 4.98 Å². The molecule has 0 saturated heterocycles. The van der Waals surface area contributed by atoms with E-state index in [2.05, 4.69) is 46.8 Å². The molecule has 0 bridgehead atoms. The van der Waals surface area contributed by atoms with Gasteiger partial charge in [-0.2, -0.15) is 0 Å². The van der Waals surface area contributed by atoms with Crippen LogP contribution >= 0.6 is 34.7 Å². The third kappa shape index (κ3) is 3.98. The summed E-state index contributed by atoms with van der Waals surface area (Å²) in [6, 6.07) is 15.7. The molecule has 2 aromatic heterocycles. The van der Waals surface area contributed by atoms with Gasteiger partial charge in [0.25, 0.3) is 5.22 Å². The van der Waals surface area contributed by atoms with Crippen molar-refractivity contribution in [2.24, 2.45) is 0 Å². The molecule has 0 unspecified atom stereocenters. The van der Waals surface area contributed by atoms with E-state index < -0.39 is 0 Å². The SMILES string of the molecule is Cc1ccc(-c2nc(CSc3nnc(-c4ccc(Cl)cc4)o3)cs2)cc1. The van der Waals surface area contributed by atoms with Crippen LogP contribution in [0.4, 0.5) is 0 Å². The quantitative estimate of drug-likeness (QED) is 0.378. The molecule has 0 aliphatic heterocycles. The summed E-state index contributed by atoms with van der Waals surface area (Å²) in [5, 5.41) is 12.5. The zero-order valence-corrected chi connectivity index (χ0v) is 16.2. The van der Waals surface area contributed by atoms with Gasteiger partial charge in [-0.15, -0.1) is 21.5 Å². The Morgan fingerprint density at radius 2 is 1.73 bits per heavy atom. The first-order chi connectivity index (χ1) is 12.7. The van der Waals surface area contributed by atoms with Crippen LogP contribution in [-0.4, -0.2) is 15.2 Å². The highest BCUT2D eigenvalue weighted by atomic mass is 35.5. The smallest absolute Gasteiger partial charge is 0.277 e. The molecular weight excluding hydrogens is 386 g/mol. The Bertz CT molecular complexity index is 926. The maximum Gasteiger partial charge on any atom is 0.277 e. The molecule has 0 amide bonds. The first-order valence-corrected chi connectivity index (χ1v) is 10.2. The summed E-state index contributed by atoms with van der Waals surface area (Å²) in [7, 11) is 0. The summed E-state index contributed by atoms with van der Waals surface area (Å²) in [5.74, 6) is 1.17. The normalized spacial score (nSPS) is 11.0. The van der Waals surface area contributed by atoms with Gasteiger partial charge in [0.1, 0.15) is 5.01 Å². The Morgan fingerprint density at radius 3 is 2.50 bits per heavy atom. The molecule has 4 rings (SSSR count). The lowest BCUT2D eigenvalue weighted by Gasteiger charge is -1.97. The van der Waals surface area contributed by atoms with Crippen molar-refractivity contribution in [3.05, 3.63) is 70.2 Å². The maximum atomic E-state index is 5.90. The number of thioether (sulfide) groups is 1. The number of rotatable bonds is 5. The summed E-state index contributed by atoms with van der Waals surface area (Å²) in [4.78, 5) is 4.69. The average Bonchev–Trinajstić information content (AvgIpc) is 3.31. The van der Waals surface area contributed by atoms with E-state index in [1.807, 2.05) is 12.1 Å². The Hall–Kier alpha value is -2.15. The fourth-order valence-electron chi connectivity index (χ4n) is 2.31. The largest absolute Gasteiger partial charge is 0.411 e. The fraction of sp³-hybridized carbons (Fsp3) is 0.105. The van der Waals surface area contributed by atoms with E-state index in [9.17, 15) is 0 Å². The van der Waals surface area contributed by atoms with Crippen LogP contribution in [0, 0.1) is 6.92 Å². The van der Waals surface area contributed by atoms with Crippen LogP contribution < -0.4 is 0 Å². The third-order valence-electron chi connectivity index (χ3n) is 3.69. The number of thiazole rings is 1. The topological polar surface area (TPSA) is 51.8 Å². The second-order valence-electron chi connectivity index (χ2n) is 5.68. The minimum absolute atomic E-state index is 0.489. The molecule has 0 saturated carbocycles. The van der Waals surface area contributed by atoms with E-state index in [0.29, 0.717) is 21.9 Å². The van der Waals surface area contributed by atoms with Gasteiger partial charge in [0.2, 0.25) is 5.89 Å². The molecule has 4 aromatic rings. The molecule has 130 valence electrons. The number of aryl methyl sites for hydroxylation is 1. The van der Waals surface area contributed by atoms with Crippen molar-refractivity contribution >= 4 is 34.7 Å². The fourth-order valence-corrected chi connectivity index (χ4v) is 4.03. The van der Waals surface area contributed by atoms with Crippen LogP contribution in [0.1, 0.15) is 11.3 Å². The van der Waals surface area contributed by atoms with Gasteiger partial charge in [0.05, 0.1) is 5.69 Å².